The molecule has 148 valence electrons. The summed E-state index contributed by atoms with van der Waals surface area (Å²) < 4.78 is 0. The lowest BCUT2D eigenvalue weighted by Crippen LogP contribution is -2.50. The fraction of sp³-hybridized carbons (Fsp3) is 0.476. The molecule has 0 saturated carbocycles. The van der Waals surface area contributed by atoms with E-state index in [2.05, 4.69) is 28.9 Å². The Balaban J connectivity index is 1.42. The lowest BCUT2D eigenvalue weighted by Gasteiger charge is -2.32. The van der Waals surface area contributed by atoms with E-state index < -0.39 is 0 Å². The third-order valence-corrected chi connectivity index (χ3v) is 6.69. The van der Waals surface area contributed by atoms with Crippen LogP contribution >= 0.6 is 11.3 Å². The maximum Gasteiger partial charge on any atom is 0.255 e. The predicted octanol–water partition coefficient (Wildman–Crippen LogP) is 2.18. The van der Waals surface area contributed by atoms with Crippen LogP contribution in [-0.4, -0.2) is 64.7 Å². The van der Waals surface area contributed by atoms with Gasteiger partial charge in [-0.2, -0.15) is 0 Å². The number of nitrogens with zero attached hydrogens (tertiary/aromatic N) is 4. The third-order valence-electron chi connectivity index (χ3n) is 5.68. The van der Waals surface area contributed by atoms with Crippen LogP contribution in [0.4, 0.5) is 0 Å². The molecule has 28 heavy (non-hydrogen) atoms. The maximum atomic E-state index is 13.0. The third kappa shape index (κ3) is 3.82. The molecule has 1 saturated heterocycles. The van der Waals surface area contributed by atoms with E-state index >= 15 is 0 Å². The summed E-state index contributed by atoms with van der Waals surface area (Å²) >= 11 is 1.66. The molecule has 2 aromatic heterocycles. The van der Waals surface area contributed by atoms with Crippen molar-refractivity contribution in [2.75, 3.05) is 33.2 Å². The van der Waals surface area contributed by atoms with Crippen LogP contribution in [-0.2, 0) is 30.7 Å². The first-order valence-corrected chi connectivity index (χ1v) is 10.7. The van der Waals surface area contributed by atoms with Crippen molar-refractivity contribution >= 4 is 23.2 Å². The average molecular weight is 399 g/mol. The number of fused-ring (bicyclic) bond motifs is 1. The van der Waals surface area contributed by atoms with Crippen LogP contribution < -0.4 is 0 Å². The average Bonchev–Trinajstić information content (AvgIpc) is 3.13. The zero-order valence-electron chi connectivity index (χ0n) is 16.5. The van der Waals surface area contributed by atoms with E-state index in [0.29, 0.717) is 13.1 Å². The van der Waals surface area contributed by atoms with Gasteiger partial charge in [0.05, 0.1) is 11.3 Å². The summed E-state index contributed by atoms with van der Waals surface area (Å²) in [5.74, 6) is 0.0145. The molecule has 0 radical (unpaired) electrons. The minimum Gasteiger partial charge on any atom is -0.342 e. The van der Waals surface area contributed by atoms with E-state index in [0.717, 1.165) is 43.7 Å². The molecule has 1 fully saturated rings. The minimum absolute atomic E-state index is 0.00391. The topological polar surface area (TPSA) is 56.8 Å². The van der Waals surface area contributed by atoms with Crippen LogP contribution in [0.1, 0.15) is 39.0 Å². The van der Waals surface area contributed by atoms with Gasteiger partial charge in [0.2, 0.25) is 5.91 Å². The van der Waals surface area contributed by atoms with Gasteiger partial charge in [0, 0.05) is 56.2 Å². The highest BCUT2D eigenvalue weighted by atomic mass is 32.1. The van der Waals surface area contributed by atoms with E-state index in [1.807, 2.05) is 11.6 Å². The van der Waals surface area contributed by atoms with Gasteiger partial charge in [0.25, 0.3) is 5.91 Å². The van der Waals surface area contributed by atoms with Gasteiger partial charge in [0.1, 0.15) is 6.54 Å². The number of hydrogen-bond donors (Lipinski definition) is 0. The first-order valence-electron chi connectivity index (χ1n) is 9.83. The number of carbonyl (C=O) groups excluding carboxylic acids is 2. The Hall–Kier alpha value is -2.25. The fourth-order valence-electron chi connectivity index (χ4n) is 3.78. The van der Waals surface area contributed by atoms with Gasteiger partial charge in [-0.25, -0.2) is 0 Å². The molecule has 0 spiro atoms. The van der Waals surface area contributed by atoms with E-state index in [1.54, 1.807) is 28.2 Å². The highest BCUT2D eigenvalue weighted by molar-refractivity contribution is 7.10. The van der Waals surface area contributed by atoms with E-state index in [-0.39, 0.29) is 18.4 Å². The SMILES string of the molecule is CCc1ccc(CN2CCc3c(C(=O)N4CCN(C)C(=O)C4)csc3C2)nc1. The maximum absolute atomic E-state index is 13.0. The molecule has 7 heteroatoms. The quantitative estimate of drug-likeness (QED) is 0.792. The zero-order valence-corrected chi connectivity index (χ0v) is 17.3. The van der Waals surface area contributed by atoms with E-state index in [4.69, 9.17) is 0 Å². The Bertz CT molecular complexity index is 877. The molecule has 0 N–H and O–H groups in total. The Kier molecular flexibility index (Phi) is 5.46. The summed E-state index contributed by atoms with van der Waals surface area (Å²) in [5, 5.41) is 1.98. The minimum atomic E-state index is 0.00391. The van der Waals surface area contributed by atoms with Crippen LogP contribution in [0.2, 0.25) is 0 Å². The molecule has 4 heterocycles. The molecular weight excluding hydrogens is 372 g/mol. The van der Waals surface area contributed by atoms with Crippen LogP contribution in [0.15, 0.2) is 23.7 Å². The number of piperazine rings is 1. The van der Waals surface area contributed by atoms with Crippen molar-refractivity contribution in [1.29, 1.82) is 0 Å². The van der Waals surface area contributed by atoms with Crippen molar-refractivity contribution in [2.45, 2.75) is 32.9 Å². The predicted molar refractivity (Wildman–Crippen MR) is 109 cm³/mol. The Morgan fingerprint density at radius 3 is 2.79 bits per heavy atom. The summed E-state index contributed by atoms with van der Waals surface area (Å²) in [6.07, 6.45) is 3.84. The Morgan fingerprint density at radius 1 is 1.21 bits per heavy atom. The van der Waals surface area contributed by atoms with Gasteiger partial charge in [-0.15, -0.1) is 11.3 Å². The van der Waals surface area contributed by atoms with Gasteiger partial charge in [0.15, 0.2) is 0 Å². The molecule has 0 bridgehead atoms. The molecule has 6 nitrogen and oxygen atoms in total. The van der Waals surface area contributed by atoms with Gasteiger partial charge in [-0.1, -0.05) is 13.0 Å². The molecule has 4 rings (SSSR count). The van der Waals surface area contributed by atoms with Crippen LogP contribution in [0.25, 0.3) is 0 Å². The van der Waals surface area contributed by atoms with E-state index in [1.165, 1.54) is 16.0 Å². The Morgan fingerprint density at radius 2 is 2.07 bits per heavy atom. The highest BCUT2D eigenvalue weighted by Gasteiger charge is 2.30. The smallest absolute Gasteiger partial charge is 0.255 e. The monoisotopic (exact) mass is 398 g/mol. The van der Waals surface area contributed by atoms with Gasteiger partial charge < -0.3 is 9.80 Å². The summed E-state index contributed by atoms with van der Waals surface area (Å²) in [4.78, 5) is 36.5. The number of aromatic nitrogens is 1. The van der Waals surface area contributed by atoms with Crippen molar-refractivity contribution in [3.05, 3.63) is 51.0 Å². The van der Waals surface area contributed by atoms with Gasteiger partial charge >= 0.3 is 0 Å². The van der Waals surface area contributed by atoms with Crippen molar-refractivity contribution in [3.8, 4) is 0 Å². The lowest BCUT2D eigenvalue weighted by atomic mass is 10.0. The summed E-state index contributed by atoms with van der Waals surface area (Å²) in [6, 6.07) is 4.26. The number of hydrogen-bond acceptors (Lipinski definition) is 5. The fourth-order valence-corrected chi connectivity index (χ4v) is 4.90. The molecule has 0 aliphatic carbocycles. The molecule has 2 aliphatic rings. The number of rotatable bonds is 4. The normalized spacial score (nSPS) is 17.7. The van der Waals surface area contributed by atoms with Crippen molar-refractivity contribution in [3.63, 3.8) is 0 Å². The van der Waals surface area contributed by atoms with Gasteiger partial charge in [-0.3, -0.25) is 19.5 Å². The van der Waals surface area contributed by atoms with Crippen molar-refractivity contribution < 1.29 is 9.59 Å². The molecular formula is C21H26N4O2S. The number of amides is 2. The summed E-state index contributed by atoms with van der Waals surface area (Å²) in [5.41, 5.74) is 4.31. The van der Waals surface area contributed by atoms with Crippen LogP contribution in [0.5, 0.6) is 0 Å². The summed E-state index contributed by atoms with van der Waals surface area (Å²) in [7, 11) is 1.79. The first-order chi connectivity index (χ1) is 13.5. The number of aryl methyl sites for hydroxylation is 1. The molecule has 2 amide bonds. The van der Waals surface area contributed by atoms with Gasteiger partial charge in [-0.05, 0) is 30.0 Å². The number of carbonyl (C=O) groups is 2. The second kappa shape index (κ2) is 8.01. The second-order valence-corrected chi connectivity index (χ2v) is 8.53. The number of pyridine rings is 1. The first kappa shape index (κ1) is 19.1. The van der Waals surface area contributed by atoms with Crippen LogP contribution in [0.3, 0.4) is 0 Å². The highest BCUT2D eigenvalue weighted by Crippen LogP contribution is 2.30. The second-order valence-electron chi connectivity index (χ2n) is 7.57. The Labute approximate surface area is 169 Å². The number of thiophene rings is 1. The number of likely N-dealkylation sites (N-methyl/N-ethyl adjacent to an activating group) is 1. The van der Waals surface area contributed by atoms with E-state index in [9.17, 15) is 9.59 Å². The molecule has 2 aliphatic heterocycles. The zero-order chi connectivity index (χ0) is 19.7. The van der Waals surface area contributed by atoms with Crippen molar-refractivity contribution in [2.24, 2.45) is 0 Å². The molecule has 0 aromatic carbocycles. The largest absolute Gasteiger partial charge is 0.342 e. The summed E-state index contributed by atoms with van der Waals surface area (Å²) in [6.45, 7) is 6.14. The lowest BCUT2D eigenvalue weighted by molar-refractivity contribution is -0.133. The standard InChI is InChI=1S/C21H26N4O2S/c1-3-15-4-5-16(22-10-15)11-24-7-6-17-18(14-28-19(17)12-24)21(27)25-9-8-23(2)20(26)13-25/h4-5,10,14H,3,6-9,11-13H2,1-2H3. The van der Waals surface area contributed by atoms with Crippen molar-refractivity contribution in [1.82, 2.24) is 19.7 Å². The molecule has 0 unspecified atom stereocenters. The molecule has 2 aromatic rings. The van der Waals surface area contributed by atoms with Crippen LogP contribution in [0, 0.1) is 0 Å². The molecule has 0 atom stereocenters.